The van der Waals surface area contributed by atoms with Gasteiger partial charge in [0.2, 0.25) is 0 Å². The Morgan fingerprint density at radius 2 is 1.86 bits per heavy atom. The molecule has 0 radical (unpaired) electrons. The Morgan fingerprint density at radius 1 is 1.14 bits per heavy atom. The minimum Gasteiger partial charge on any atom is -0.497 e. The van der Waals surface area contributed by atoms with Crippen molar-refractivity contribution >= 4 is 17.6 Å². The molecule has 0 spiro atoms. The van der Waals surface area contributed by atoms with Gasteiger partial charge in [0, 0.05) is 17.2 Å². The van der Waals surface area contributed by atoms with Crippen LogP contribution in [0.15, 0.2) is 42.5 Å². The first-order chi connectivity index (χ1) is 10.6. The zero-order chi connectivity index (χ0) is 16.1. The number of carboxylic acid groups (broad SMARTS) is 1. The maximum atomic E-state index is 13.7. The lowest BCUT2D eigenvalue weighted by Gasteiger charge is -2.11. The number of hydrogen-bond donors (Lipinski definition) is 1. The van der Waals surface area contributed by atoms with Gasteiger partial charge in [0.25, 0.3) is 0 Å². The molecule has 0 heterocycles. The predicted octanol–water partition coefficient (Wildman–Crippen LogP) is 3.47. The van der Waals surface area contributed by atoms with Crippen LogP contribution in [0.5, 0.6) is 11.5 Å². The quantitative estimate of drug-likeness (QED) is 0.679. The first-order valence-electron chi connectivity index (χ1n) is 6.48. The average Bonchev–Trinajstić information content (AvgIpc) is 2.53. The molecule has 0 amide bonds. The topological polar surface area (TPSA) is 55.8 Å². The SMILES string of the molecule is COc1ccc(/C(=C/c2ccccc2F)C(=O)O)c(OC)c1. The molecule has 114 valence electrons. The summed E-state index contributed by atoms with van der Waals surface area (Å²) in [4.78, 5) is 11.6. The van der Waals surface area contributed by atoms with Crippen molar-refractivity contribution in [3.8, 4) is 11.5 Å². The Morgan fingerprint density at radius 3 is 2.45 bits per heavy atom. The summed E-state index contributed by atoms with van der Waals surface area (Å²) in [6.07, 6.45) is 1.28. The lowest BCUT2D eigenvalue weighted by atomic mass is 10.0. The molecular weight excluding hydrogens is 287 g/mol. The predicted molar refractivity (Wildman–Crippen MR) is 81.5 cm³/mol. The molecule has 0 aliphatic rings. The second-order valence-corrected chi connectivity index (χ2v) is 4.45. The Bertz CT molecular complexity index is 722. The molecule has 1 N–H and O–H groups in total. The number of rotatable bonds is 5. The Kier molecular flexibility index (Phi) is 4.78. The van der Waals surface area contributed by atoms with Crippen molar-refractivity contribution in [1.82, 2.24) is 0 Å². The smallest absolute Gasteiger partial charge is 0.336 e. The van der Waals surface area contributed by atoms with E-state index in [0.29, 0.717) is 17.1 Å². The minimum absolute atomic E-state index is 0.0652. The number of carbonyl (C=O) groups is 1. The van der Waals surface area contributed by atoms with E-state index in [1.807, 2.05) is 0 Å². The van der Waals surface area contributed by atoms with Crippen molar-refractivity contribution in [2.24, 2.45) is 0 Å². The number of halogens is 1. The Labute approximate surface area is 127 Å². The zero-order valence-corrected chi connectivity index (χ0v) is 12.2. The van der Waals surface area contributed by atoms with Gasteiger partial charge < -0.3 is 14.6 Å². The van der Waals surface area contributed by atoms with Crippen molar-refractivity contribution in [1.29, 1.82) is 0 Å². The molecule has 22 heavy (non-hydrogen) atoms. The van der Waals surface area contributed by atoms with Crippen LogP contribution in [0.25, 0.3) is 11.6 Å². The standard InChI is InChI=1S/C17H15FO4/c1-21-12-7-8-13(16(10-12)22-2)14(17(19)20)9-11-5-3-4-6-15(11)18/h3-10H,1-2H3,(H,19,20)/b14-9-. The molecule has 0 atom stereocenters. The normalized spacial score (nSPS) is 11.1. The van der Waals surface area contributed by atoms with Crippen LogP contribution in [0.3, 0.4) is 0 Å². The van der Waals surface area contributed by atoms with Crippen molar-refractivity contribution in [2.75, 3.05) is 14.2 Å². The number of hydrogen-bond acceptors (Lipinski definition) is 3. The van der Waals surface area contributed by atoms with Gasteiger partial charge in [0.15, 0.2) is 0 Å². The summed E-state index contributed by atoms with van der Waals surface area (Å²) in [7, 11) is 2.93. The molecule has 0 aliphatic heterocycles. The minimum atomic E-state index is -1.17. The average molecular weight is 302 g/mol. The number of aliphatic carboxylic acids is 1. The first-order valence-corrected chi connectivity index (χ1v) is 6.48. The van der Waals surface area contributed by atoms with Gasteiger partial charge >= 0.3 is 5.97 Å². The molecule has 2 aromatic carbocycles. The van der Waals surface area contributed by atoms with Crippen LogP contribution in [0, 0.1) is 5.82 Å². The molecule has 0 bridgehead atoms. The van der Waals surface area contributed by atoms with Gasteiger partial charge in [0.05, 0.1) is 19.8 Å². The van der Waals surface area contributed by atoms with Crippen LogP contribution in [0.2, 0.25) is 0 Å². The third-order valence-electron chi connectivity index (χ3n) is 3.13. The second-order valence-electron chi connectivity index (χ2n) is 4.45. The van der Waals surface area contributed by atoms with Crippen LogP contribution in [-0.4, -0.2) is 25.3 Å². The van der Waals surface area contributed by atoms with E-state index in [4.69, 9.17) is 9.47 Å². The summed E-state index contributed by atoms with van der Waals surface area (Å²) in [6.45, 7) is 0. The van der Waals surface area contributed by atoms with Crippen LogP contribution in [-0.2, 0) is 4.79 Å². The molecule has 2 aromatic rings. The van der Waals surface area contributed by atoms with Gasteiger partial charge in [-0.2, -0.15) is 0 Å². The highest BCUT2D eigenvalue weighted by Crippen LogP contribution is 2.31. The highest BCUT2D eigenvalue weighted by atomic mass is 19.1. The van der Waals surface area contributed by atoms with Crippen LogP contribution in [0.4, 0.5) is 4.39 Å². The molecule has 2 rings (SSSR count). The highest BCUT2D eigenvalue weighted by molar-refractivity contribution is 6.21. The van der Waals surface area contributed by atoms with Gasteiger partial charge in [-0.1, -0.05) is 18.2 Å². The molecule has 4 nitrogen and oxygen atoms in total. The summed E-state index contributed by atoms with van der Waals surface area (Å²) >= 11 is 0. The van der Waals surface area contributed by atoms with E-state index in [1.54, 1.807) is 30.3 Å². The van der Waals surface area contributed by atoms with Crippen LogP contribution >= 0.6 is 0 Å². The maximum absolute atomic E-state index is 13.7. The van der Waals surface area contributed by atoms with Gasteiger partial charge in [-0.15, -0.1) is 0 Å². The second kappa shape index (κ2) is 6.76. The molecule has 0 saturated carbocycles. The van der Waals surface area contributed by atoms with E-state index < -0.39 is 11.8 Å². The van der Waals surface area contributed by atoms with E-state index in [2.05, 4.69) is 0 Å². The van der Waals surface area contributed by atoms with E-state index in [1.165, 1.54) is 32.4 Å². The summed E-state index contributed by atoms with van der Waals surface area (Å²) < 4.78 is 24.0. The third kappa shape index (κ3) is 3.25. The fourth-order valence-electron chi connectivity index (χ4n) is 2.02. The Balaban J connectivity index is 2.58. The van der Waals surface area contributed by atoms with E-state index in [9.17, 15) is 14.3 Å². The molecule has 0 aromatic heterocycles. The fraction of sp³-hybridized carbons (Fsp3) is 0.118. The van der Waals surface area contributed by atoms with E-state index in [0.717, 1.165) is 0 Å². The summed E-state index contributed by atoms with van der Waals surface area (Å²) in [5, 5.41) is 9.45. The van der Waals surface area contributed by atoms with Gasteiger partial charge in [-0.3, -0.25) is 0 Å². The van der Waals surface area contributed by atoms with E-state index >= 15 is 0 Å². The fourth-order valence-corrected chi connectivity index (χ4v) is 2.02. The Hall–Kier alpha value is -2.82. The lowest BCUT2D eigenvalue weighted by molar-refractivity contribution is -0.130. The third-order valence-corrected chi connectivity index (χ3v) is 3.13. The van der Waals surface area contributed by atoms with Crippen molar-refractivity contribution in [3.63, 3.8) is 0 Å². The highest BCUT2D eigenvalue weighted by Gasteiger charge is 2.17. The number of ether oxygens (including phenoxy) is 2. The zero-order valence-electron chi connectivity index (χ0n) is 12.2. The summed E-state index contributed by atoms with van der Waals surface area (Å²) in [5.74, 6) is -0.791. The first kappa shape index (κ1) is 15.6. The molecule has 0 unspecified atom stereocenters. The van der Waals surface area contributed by atoms with E-state index in [-0.39, 0.29) is 11.1 Å². The van der Waals surface area contributed by atoms with Crippen molar-refractivity contribution in [2.45, 2.75) is 0 Å². The van der Waals surface area contributed by atoms with Gasteiger partial charge in [-0.25, -0.2) is 9.18 Å². The molecular formula is C17H15FO4. The monoisotopic (exact) mass is 302 g/mol. The van der Waals surface area contributed by atoms with Gasteiger partial charge in [-0.05, 0) is 24.3 Å². The van der Waals surface area contributed by atoms with Crippen molar-refractivity contribution < 1.29 is 23.8 Å². The summed E-state index contributed by atoms with van der Waals surface area (Å²) in [5.41, 5.74) is 0.474. The van der Waals surface area contributed by atoms with Crippen molar-refractivity contribution in [3.05, 3.63) is 59.4 Å². The molecule has 0 fully saturated rings. The van der Waals surface area contributed by atoms with Crippen LogP contribution in [0.1, 0.15) is 11.1 Å². The molecule has 0 saturated heterocycles. The summed E-state index contributed by atoms with van der Waals surface area (Å²) in [6, 6.07) is 10.7. The molecule has 0 aliphatic carbocycles. The number of carboxylic acids is 1. The largest absolute Gasteiger partial charge is 0.497 e. The van der Waals surface area contributed by atoms with Crippen LogP contribution < -0.4 is 9.47 Å². The lowest BCUT2D eigenvalue weighted by Crippen LogP contribution is -2.02. The molecule has 5 heteroatoms. The maximum Gasteiger partial charge on any atom is 0.336 e. The number of methoxy groups -OCH3 is 2. The van der Waals surface area contributed by atoms with Gasteiger partial charge in [0.1, 0.15) is 17.3 Å². The number of benzene rings is 2.